The van der Waals surface area contributed by atoms with Crippen LogP contribution in [0.25, 0.3) is 0 Å². The normalized spacial score (nSPS) is 14.1. The number of hydrogen-bond acceptors (Lipinski definition) is 0. The standard InChI is InChI=1S/C17H34Si/c1-7-10-13-16(12-9-3)17(14-11-8-2)15-18(4,5)6/h13,15H,7-12,14H2,1-6H3. The Morgan fingerprint density at radius 3 is 1.94 bits per heavy atom. The first-order valence-electron chi connectivity index (χ1n) is 7.85. The van der Waals surface area contributed by atoms with Crippen LogP contribution in [-0.4, -0.2) is 8.07 Å². The van der Waals surface area contributed by atoms with Gasteiger partial charge in [-0.2, -0.15) is 0 Å². The molecule has 0 radical (unpaired) electrons. The van der Waals surface area contributed by atoms with Gasteiger partial charge in [0.15, 0.2) is 0 Å². The topological polar surface area (TPSA) is 0 Å². The van der Waals surface area contributed by atoms with Crippen LogP contribution in [0.1, 0.15) is 65.7 Å². The monoisotopic (exact) mass is 266 g/mol. The highest BCUT2D eigenvalue weighted by molar-refractivity contribution is 6.81. The second kappa shape index (κ2) is 9.60. The third-order valence-corrected chi connectivity index (χ3v) is 4.23. The Labute approximate surface area is 117 Å². The van der Waals surface area contributed by atoms with Crippen molar-refractivity contribution in [1.82, 2.24) is 0 Å². The molecule has 0 aromatic carbocycles. The Morgan fingerprint density at radius 1 is 0.833 bits per heavy atom. The maximum absolute atomic E-state index is 2.64. The summed E-state index contributed by atoms with van der Waals surface area (Å²) in [6.45, 7) is 14.2. The Morgan fingerprint density at radius 2 is 1.50 bits per heavy atom. The summed E-state index contributed by atoms with van der Waals surface area (Å²) < 4.78 is 0. The van der Waals surface area contributed by atoms with E-state index in [1.165, 1.54) is 44.9 Å². The van der Waals surface area contributed by atoms with E-state index in [1.807, 2.05) is 0 Å². The van der Waals surface area contributed by atoms with Gasteiger partial charge in [0.1, 0.15) is 0 Å². The van der Waals surface area contributed by atoms with Crippen LogP contribution in [0.4, 0.5) is 0 Å². The lowest BCUT2D eigenvalue weighted by Gasteiger charge is -2.18. The van der Waals surface area contributed by atoms with Crippen molar-refractivity contribution >= 4 is 8.07 Å². The summed E-state index contributed by atoms with van der Waals surface area (Å²) >= 11 is 0. The minimum atomic E-state index is -1.10. The molecule has 0 fully saturated rings. The fraction of sp³-hybridized carbons (Fsp3) is 0.765. The number of rotatable bonds is 9. The second-order valence-corrected chi connectivity index (χ2v) is 11.4. The molecule has 1 heteroatoms. The summed E-state index contributed by atoms with van der Waals surface area (Å²) in [5, 5.41) is 0. The van der Waals surface area contributed by atoms with Crippen LogP contribution < -0.4 is 0 Å². The van der Waals surface area contributed by atoms with E-state index in [0.717, 1.165) is 0 Å². The molecule has 0 unspecified atom stereocenters. The predicted molar refractivity (Wildman–Crippen MR) is 88.9 cm³/mol. The minimum absolute atomic E-state index is 1.10. The van der Waals surface area contributed by atoms with Crippen LogP contribution in [-0.2, 0) is 0 Å². The van der Waals surface area contributed by atoms with Gasteiger partial charge in [-0.15, -0.1) is 0 Å². The van der Waals surface area contributed by atoms with Crippen molar-refractivity contribution in [2.24, 2.45) is 0 Å². The third kappa shape index (κ3) is 8.74. The maximum atomic E-state index is 2.64. The highest BCUT2D eigenvalue weighted by Gasteiger charge is 2.13. The molecular weight excluding hydrogens is 232 g/mol. The van der Waals surface area contributed by atoms with Crippen LogP contribution >= 0.6 is 0 Å². The van der Waals surface area contributed by atoms with Crippen LogP contribution in [0.3, 0.4) is 0 Å². The molecule has 0 aliphatic carbocycles. The third-order valence-electron chi connectivity index (χ3n) is 3.02. The first-order valence-corrected chi connectivity index (χ1v) is 11.4. The number of unbranched alkanes of at least 4 members (excludes halogenated alkanes) is 2. The quantitative estimate of drug-likeness (QED) is 0.330. The molecule has 0 rings (SSSR count). The smallest absolute Gasteiger partial charge is 0.0690 e. The molecule has 0 atom stereocenters. The first-order chi connectivity index (χ1) is 8.44. The second-order valence-electron chi connectivity index (χ2n) is 6.41. The average Bonchev–Trinajstić information content (AvgIpc) is 2.28. The SMILES string of the molecule is CCCC=C(CCC)C(=C[Si](C)(C)C)CCCC. The summed E-state index contributed by atoms with van der Waals surface area (Å²) in [6, 6.07) is 0. The van der Waals surface area contributed by atoms with Crippen molar-refractivity contribution in [3.05, 3.63) is 22.9 Å². The Hall–Kier alpha value is -0.303. The maximum Gasteiger partial charge on any atom is 0.0690 e. The van der Waals surface area contributed by atoms with E-state index in [1.54, 1.807) is 11.1 Å². The van der Waals surface area contributed by atoms with Gasteiger partial charge in [-0.25, -0.2) is 0 Å². The van der Waals surface area contributed by atoms with Crippen molar-refractivity contribution in [2.75, 3.05) is 0 Å². The molecule has 0 aromatic heterocycles. The molecule has 0 bridgehead atoms. The number of allylic oxidation sites excluding steroid dienone is 3. The Kier molecular flexibility index (Phi) is 9.44. The fourth-order valence-corrected chi connectivity index (χ4v) is 3.57. The van der Waals surface area contributed by atoms with Crippen molar-refractivity contribution in [3.8, 4) is 0 Å². The molecule has 0 amide bonds. The predicted octanol–water partition coefficient (Wildman–Crippen LogP) is 6.51. The molecule has 0 spiro atoms. The summed E-state index contributed by atoms with van der Waals surface area (Å²) in [5.41, 5.74) is 5.96. The lowest BCUT2D eigenvalue weighted by Crippen LogP contribution is -2.17. The van der Waals surface area contributed by atoms with Gasteiger partial charge < -0.3 is 0 Å². The van der Waals surface area contributed by atoms with Crippen molar-refractivity contribution in [3.63, 3.8) is 0 Å². The van der Waals surface area contributed by atoms with E-state index in [9.17, 15) is 0 Å². The molecule has 0 saturated heterocycles. The van der Waals surface area contributed by atoms with Gasteiger partial charge in [0.2, 0.25) is 0 Å². The molecule has 0 saturated carbocycles. The summed E-state index contributed by atoms with van der Waals surface area (Å²) in [6.07, 6.45) is 11.5. The highest BCUT2D eigenvalue weighted by Crippen LogP contribution is 2.25. The van der Waals surface area contributed by atoms with Gasteiger partial charge in [0, 0.05) is 0 Å². The molecule has 0 nitrogen and oxygen atoms in total. The van der Waals surface area contributed by atoms with Crippen molar-refractivity contribution < 1.29 is 0 Å². The lowest BCUT2D eigenvalue weighted by molar-refractivity contribution is 0.773. The Balaban J connectivity index is 5.03. The molecule has 106 valence electrons. The molecule has 0 N–H and O–H groups in total. The summed E-state index contributed by atoms with van der Waals surface area (Å²) in [7, 11) is -1.10. The zero-order chi connectivity index (χ0) is 14.0. The Bertz CT molecular complexity index is 266. The van der Waals surface area contributed by atoms with Crippen LogP contribution in [0.2, 0.25) is 19.6 Å². The van der Waals surface area contributed by atoms with Crippen LogP contribution in [0, 0.1) is 0 Å². The molecule has 0 heterocycles. The summed E-state index contributed by atoms with van der Waals surface area (Å²) in [5.74, 6) is 0. The summed E-state index contributed by atoms with van der Waals surface area (Å²) in [4.78, 5) is 0. The van der Waals surface area contributed by atoms with Gasteiger partial charge in [-0.3, -0.25) is 0 Å². The van der Waals surface area contributed by atoms with Crippen molar-refractivity contribution in [2.45, 2.75) is 85.4 Å². The lowest BCUT2D eigenvalue weighted by atomic mass is 9.97. The number of hydrogen-bond donors (Lipinski definition) is 0. The van der Waals surface area contributed by atoms with Gasteiger partial charge >= 0.3 is 0 Å². The van der Waals surface area contributed by atoms with Crippen LogP contribution in [0.15, 0.2) is 22.9 Å². The first kappa shape index (κ1) is 17.7. The van der Waals surface area contributed by atoms with Gasteiger partial charge in [-0.05, 0) is 31.3 Å². The zero-order valence-electron chi connectivity index (χ0n) is 13.6. The van der Waals surface area contributed by atoms with Gasteiger partial charge in [0.05, 0.1) is 8.07 Å². The van der Waals surface area contributed by atoms with Crippen molar-refractivity contribution in [1.29, 1.82) is 0 Å². The molecule has 18 heavy (non-hydrogen) atoms. The van der Waals surface area contributed by atoms with Gasteiger partial charge in [-0.1, -0.05) is 77.0 Å². The van der Waals surface area contributed by atoms with E-state index in [-0.39, 0.29) is 0 Å². The van der Waals surface area contributed by atoms with E-state index >= 15 is 0 Å². The minimum Gasteiger partial charge on any atom is -0.0916 e. The highest BCUT2D eigenvalue weighted by atomic mass is 28.3. The molecule has 0 aliphatic rings. The van der Waals surface area contributed by atoms with E-state index in [0.29, 0.717) is 0 Å². The molecule has 0 aromatic rings. The average molecular weight is 267 g/mol. The van der Waals surface area contributed by atoms with Gasteiger partial charge in [0.25, 0.3) is 0 Å². The molecule has 0 aliphatic heterocycles. The van der Waals surface area contributed by atoms with E-state index in [4.69, 9.17) is 0 Å². The van der Waals surface area contributed by atoms with Crippen LogP contribution in [0.5, 0.6) is 0 Å². The van der Waals surface area contributed by atoms with E-state index < -0.39 is 8.07 Å². The largest absolute Gasteiger partial charge is 0.0916 e. The zero-order valence-corrected chi connectivity index (χ0v) is 14.6. The molecular formula is C17H34Si. The van der Waals surface area contributed by atoms with E-state index in [2.05, 4.69) is 52.2 Å². The fourth-order valence-electron chi connectivity index (χ4n) is 2.20.